The van der Waals surface area contributed by atoms with E-state index >= 15 is 0 Å². The maximum absolute atomic E-state index is 13.2. The Balaban J connectivity index is 1.58. The number of fused-ring (bicyclic) bond motifs is 4. The fourth-order valence-corrected chi connectivity index (χ4v) is 4.33. The van der Waals surface area contributed by atoms with Gasteiger partial charge in [-0.15, -0.1) is 0 Å². The highest BCUT2D eigenvalue weighted by Crippen LogP contribution is 2.31. The van der Waals surface area contributed by atoms with Crippen molar-refractivity contribution < 1.29 is 9.59 Å². The molecule has 3 aliphatic heterocycles. The van der Waals surface area contributed by atoms with Crippen molar-refractivity contribution in [3.63, 3.8) is 0 Å². The molecule has 2 amide bonds. The van der Waals surface area contributed by atoms with Crippen LogP contribution in [-0.2, 0) is 11.3 Å². The van der Waals surface area contributed by atoms with Crippen LogP contribution in [0.25, 0.3) is 0 Å². The first-order valence-corrected chi connectivity index (χ1v) is 9.74. The third kappa shape index (κ3) is 3.48. The largest absolute Gasteiger partial charge is 0.336 e. The molecule has 0 saturated carbocycles. The van der Waals surface area contributed by atoms with E-state index in [2.05, 4.69) is 12.1 Å². The molecule has 0 spiro atoms. The van der Waals surface area contributed by atoms with Crippen LogP contribution in [0.15, 0.2) is 48.5 Å². The lowest BCUT2D eigenvalue weighted by atomic mass is 9.93. The molecule has 0 aliphatic carbocycles. The molecule has 140 valence electrons. The molecule has 2 aromatic rings. The van der Waals surface area contributed by atoms with Crippen molar-refractivity contribution in [2.45, 2.75) is 39.3 Å². The fourth-order valence-electron chi connectivity index (χ4n) is 4.33. The van der Waals surface area contributed by atoms with Crippen molar-refractivity contribution in [2.75, 3.05) is 13.1 Å². The normalized spacial score (nSPS) is 22.1. The average Bonchev–Trinajstić information content (AvgIpc) is 2.97. The molecule has 2 bridgehead atoms. The molecule has 5 rings (SSSR count). The number of hydrogen-bond acceptors (Lipinski definition) is 2. The van der Waals surface area contributed by atoms with Crippen LogP contribution >= 0.6 is 0 Å². The highest BCUT2D eigenvalue weighted by Gasteiger charge is 2.42. The number of hydrogen-bond donors (Lipinski definition) is 0. The van der Waals surface area contributed by atoms with Gasteiger partial charge in [-0.2, -0.15) is 0 Å². The predicted molar refractivity (Wildman–Crippen MR) is 105 cm³/mol. The second kappa shape index (κ2) is 7.18. The van der Waals surface area contributed by atoms with Gasteiger partial charge in [0, 0.05) is 31.2 Å². The maximum Gasteiger partial charge on any atom is 0.254 e. The molecule has 0 aromatic heterocycles. The fraction of sp³-hybridized carbons (Fsp3) is 0.391. The van der Waals surface area contributed by atoms with Crippen LogP contribution in [0.5, 0.6) is 0 Å². The topological polar surface area (TPSA) is 40.6 Å². The molecule has 3 saturated heterocycles. The number of nitrogens with zero attached hydrogens (tertiary/aromatic N) is 2. The van der Waals surface area contributed by atoms with E-state index in [9.17, 15) is 9.59 Å². The lowest BCUT2D eigenvalue weighted by Gasteiger charge is -2.36. The molecule has 3 fully saturated rings. The Hall–Kier alpha value is -2.62. The minimum Gasteiger partial charge on any atom is -0.336 e. The Kier molecular flexibility index (Phi) is 4.73. The number of aryl methyl sites for hydroxylation is 2. The molecular formula is C23H26N2O2. The van der Waals surface area contributed by atoms with Crippen LogP contribution < -0.4 is 0 Å². The van der Waals surface area contributed by atoms with Crippen molar-refractivity contribution in [3.8, 4) is 0 Å². The first-order valence-electron chi connectivity index (χ1n) is 9.74. The minimum atomic E-state index is -0.0819. The van der Waals surface area contributed by atoms with Crippen molar-refractivity contribution in [1.29, 1.82) is 0 Å². The van der Waals surface area contributed by atoms with Gasteiger partial charge in [0.25, 0.3) is 5.91 Å². The summed E-state index contributed by atoms with van der Waals surface area (Å²) >= 11 is 0. The third-order valence-electron chi connectivity index (χ3n) is 5.90. The highest BCUT2D eigenvalue weighted by molar-refractivity contribution is 5.96. The van der Waals surface area contributed by atoms with E-state index in [1.165, 1.54) is 0 Å². The van der Waals surface area contributed by atoms with Gasteiger partial charge in [0.15, 0.2) is 0 Å². The van der Waals surface area contributed by atoms with Crippen LogP contribution in [0, 0.1) is 19.8 Å². The SMILES string of the molecule is Cc1ccc(C)c(C(=O)N2C[C@@H]3CC[C@H](C2)N(Cc2ccccc2)C3=O)c1. The summed E-state index contributed by atoms with van der Waals surface area (Å²) in [4.78, 5) is 30.1. The zero-order valence-electron chi connectivity index (χ0n) is 16.0. The average molecular weight is 362 g/mol. The van der Waals surface area contributed by atoms with Crippen molar-refractivity contribution >= 4 is 11.8 Å². The molecule has 0 radical (unpaired) electrons. The Labute approximate surface area is 160 Å². The first-order chi connectivity index (χ1) is 13.0. The van der Waals surface area contributed by atoms with E-state index in [0.717, 1.165) is 35.1 Å². The number of piperidine rings is 1. The number of amides is 2. The summed E-state index contributed by atoms with van der Waals surface area (Å²) in [6.07, 6.45) is 1.85. The summed E-state index contributed by atoms with van der Waals surface area (Å²) < 4.78 is 0. The number of carbonyl (C=O) groups is 2. The molecule has 4 heteroatoms. The molecule has 3 aliphatic rings. The second-order valence-electron chi connectivity index (χ2n) is 7.91. The van der Waals surface area contributed by atoms with E-state index in [1.54, 1.807) is 0 Å². The highest BCUT2D eigenvalue weighted by atomic mass is 16.2. The number of rotatable bonds is 3. The van der Waals surface area contributed by atoms with Crippen LogP contribution in [0.2, 0.25) is 0 Å². The van der Waals surface area contributed by atoms with E-state index in [4.69, 9.17) is 0 Å². The maximum atomic E-state index is 13.2. The Morgan fingerprint density at radius 3 is 2.59 bits per heavy atom. The lowest BCUT2D eigenvalue weighted by molar-refractivity contribution is -0.140. The molecular weight excluding hydrogens is 336 g/mol. The summed E-state index contributed by atoms with van der Waals surface area (Å²) in [5.74, 6) is 0.176. The monoisotopic (exact) mass is 362 g/mol. The van der Waals surface area contributed by atoms with Gasteiger partial charge in [0.2, 0.25) is 5.91 Å². The summed E-state index contributed by atoms with van der Waals surface area (Å²) in [6.45, 7) is 5.78. The van der Waals surface area contributed by atoms with Crippen molar-refractivity contribution in [3.05, 3.63) is 70.8 Å². The van der Waals surface area contributed by atoms with Crippen LogP contribution in [0.4, 0.5) is 0 Å². The molecule has 4 nitrogen and oxygen atoms in total. The van der Waals surface area contributed by atoms with Crippen LogP contribution in [0.1, 0.15) is 39.9 Å². The lowest BCUT2D eigenvalue weighted by Crippen LogP contribution is -2.47. The van der Waals surface area contributed by atoms with Gasteiger partial charge < -0.3 is 9.80 Å². The zero-order valence-corrected chi connectivity index (χ0v) is 16.0. The Morgan fingerprint density at radius 1 is 1.04 bits per heavy atom. The second-order valence-corrected chi connectivity index (χ2v) is 7.91. The van der Waals surface area contributed by atoms with E-state index in [0.29, 0.717) is 19.6 Å². The third-order valence-corrected chi connectivity index (χ3v) is 5.90. The molecule has 2 atom stereocenters. The summed E-state index contributed by atoms with van der Waals surface area (Å²) in [5.41, 5.74) is 3.99. The molecule has 0 N–H and O–H groups in total. The molecule has 3 heterocycles. The van der Waals surface area contributed by atoms with Crippen molar-refractivity contribution in [2.24, 2.45) is 5.92 Å². The summed E-state index contributed by atoms with van der Waals surface area (Å²) in [7, 11) is 0. The minimum absolute atomic E-state index is 0.0578. The van der Waals surface area contributed by atoms with Gasteiger partial charge in [0.05, 0.1) is 5.92 Å². The van der Waals surface area contributed by atoms with Gasteiger partial charge in [0.1, 0.15) is 0 Å². The van der Waals surface area contributed by atoms with Crippen LogP contribution in [-0.4, -0.2) is 40.7 Å². The smallest absolute Gasteiger partial charge is 0.254 e. The Morgan fingerprint density at radius 2 is 1.81 bits per heavy atom. The van der Waals surface area contributed by atoms with Gasteiger partial charge in [-0.1, -0.05) is 48.0 Å². The van der Waals surface area contributed by atoms with Crippen LogP contribution in [0.3, 0.4) is 0 Å². The van der Waals surface area contributed by atoms with E-state index < -0.39 is 0 Å². The number of benzene rings is 2. The Bertz CT molecular complexity index is 862. The zero-order chi connectivity index (χ0) is 19.0. The summed E-state index contributed by atoms with van der Waals surface area (Å²) in [6, 6.07) is 16.2. The van der Waals surface area contributed by atoms with Gasteiger partial charge in [-0.3, -0.25) is 9.59 Å². The van der Waals surface area contributed by atoms with Crippen molar-refractivity contribution in [1.82, 2.24) is 9.80 Å². The number of carbonyl (C=O) groups excluding carboxylic acids is 2. The standard InChI is InChI=1S/C23H26N2O2/c1-16-8-9-17(2)21(12-16)23(27)24-14-19-10-11-20(15-24)25(22(19)26)13-18-6-4-3-5-7-18/h3-9,12,19-20H,10-11,13-15H2,1-2H3/t19-,20+/m0/s1. The molecule has 0 unspecified atom stereocenters. The van der Waals surface area contributed by atoms with Gasteiger partial charge >= 0.3 is 0 Å². The predicted octanol–water partition coefficient (Wildman–Crippen LogP) is 3.57. The molecule has 27 heavy (non-hydrogen) atoms. The molecule has 2 aromatic carbocycles. The quantitative estimate of drug-likeness (QED) is 0.838. The van der Waals surface area contributed by atoms with Gasteiger partial charge in [-0.25, -0.2) is 0 Å². The first kappa shape index (κ1) is 17.8. The summed E-state index contributed by atoms with van der Waals surface area (Å²) in [5, 5.41) is 0. The van der Waals surface area contributed by atoms with Gasteiger partial charge in [-0.05, 0) is 43.9 Å². The van der Waals surface area contributed by atoms with E-state index in [-0.39, 0.29) is 23.8 Å². The van der Waals surface area contributed by atoms with E-state index in [1.807, 2.05) is 60.0 Å².